The smallest absolute Gasteiger partial charge is 0.186 e. The summed E-state index contributed by atoms with van der Waals surface area (Å²) in [6, 6.07) is 0. The van der Waals surface area contributed by atoms with E-state index in [1.54, 1.807) is 0 Å². The molecule has 196 valence electrons. The molecular formula is C26H44O8. The van der Waals surface area contributed by atoms with Gasteiger partial charge >= 0.3 is 0 Å². The Bertz CT molecular complexity index is 781. The summed E-state index contributed by atoms with van der Waals surface area (Å²) in [6.45, 7) is 8.18. The molecule has 0 aromatic carbocycles. The number of allylic oxidation sites excluding steroid dienone is 2. The van der Waals surface area contributed by atoms with Crippen LogP contribution in [0.5, 0.6) is 0 Å². The number of aliphatic hydroxyl groups excluding tert-OH is 6. The molecule has 0 amide bonds. The van der Waals surface area contributed by atoms with Crippen LogP contribution in [0.25, 0.3) is 0 Å². The predicted octanol–water partition coefficient (Wildman–Crippen LogP) is 1.25. The molecule has 0 aromatic heterocycles. The van der Waals surface area contributed by atoms with Crippen LogP contribution in [-0.2, 0) is 9.47 Å². The van der Waals surface area contributed by atoms with Crippen molar-refractivity contribution in [2.45, 2.75) is 116 Å². The first kappa shape index (κ1) is 26.5. The largest absolute Gasteiger partial charge is 0.394 e. The third kappa shape index (κ3) is 4.18. The predicted molar refractivity (Wildman–Crippen MR) is 125 cm³/mol. The van der Waals surface area contributed by atoms with Crippen molar-refractivity contribution >= 4 is 0 Å². The molecule has 3 aliphatic carbocycles. The summed E-state index contributed by atoms with van der Waals surface area (Å²) >= 11 is 0. The second kappa shape index (κ2) is 9.38. The van der Waals surface area contributed by atoms with E-state index in [1.807, 2.05) is 0 Å². The molecule has 2 fully saturated rings. The Labute approximate surface area is 202 Å². The molecule has 1 heterocycles. The van der Waals surface area contributed by atoms with Gasteiger partial charge in [-0.15, -0.1) is 0 Å². The standard InChI is InChI=1S/C26H44O8/c1-24(2)17-6-5-14-11-25(3,18(29)13-28)9-7-15(14)26(17,4)10-8-19(24)34-23-22(32)21(31)20(30)16(12-27)33-23/h16-23,27-32H,5-13H2,1-4H3/t16-,17-,18+,19-,20-,21+,22-,23+,25+,26+/m1/s1. The van der Waals surface area contributed by atoms with Crippen LogP contribution in [0, 0.1) is 22.2 Å². The summed E-state index contributed by atoms with van der Waals surface area (Å²) in [5.41, 5.74) is 2.48. The Morgan fingerprint density at radius 1 is 0.971 bits per heavy atom. The van der Waals surface area contributed by atoms with Crippen LogP contribution in [0.4, 0.5) is 0 Å². The zero-order valence-electron chi connectivity index (χ0n) is 21.0. The number of hydrogen-bond acceptors (Lipinski definition) is 8. The lowest BCUT2D eigenvalue weighted by Gasteiger charge is -2.60. The Kier molecular flexibility index (Phi) is 7.30. The molecule has 0 aromatic rings. The topological polar surface area (TPSA) is 140 Å². The number of ether oxygens (including phenoxy) is 2. The lowest BCUT2D eigenvalue weighted by Crippen LogP contribution is -2.61. The maximum atomic E-state index is 10.5. The molecule has 0 radical (unpaired) electrons. The lowest BCUT2D eigenvalue weighted by atomic mass is 9.47. The quantitative estimate of drug-likeness (QED) is 0.321. The van der Waals surface area contributed by atoms with Crippen LogP contribution in [0.1, 0.15) is 72.6 Å². The van der Waals surface area contributed by atoms with Crippen molar-refractivity contribution in [3.8, 4) is 0 Å². The maximum Gasteiger partial charge on any atom is 0.186 e. The van der Waals surface area contributed by atoms with E-state index in [-0.39, 0.29) is 29.0 Å². The number of rotatable bonds is 5. The van der Waals surface area contributed by atoms with Crippen LogP contribution >= 0.6 is 0 Å². The third-order valence-electron chi connectivity index (χ3n) is 9.96. The van der Waals surface area contributed by atoms with Crippen molar-refractivity contribution in [2.24, 2.45) is 22.2 Å². The summed E-state index contributed by atoms with van der Waals surface area (Å²) < 4.78 is 11.9. The third-order valence-corrected chi connectivity index (χ3v) is 9.96. The van der Waals surface area contributed by atoms with Crippen molar-refractivity contribution in [2.75, 3.05) is 13.2 Å². The molecule has 34 heavy (non-hydrogen) atoms. The molecule has 10 atom stereocenters. The van der Waals surface area contributed by atoms with Crippen LogP contribution in [0.2, 0.25) is 0 Å². The number of fused-ring (bicyclic) bond motifs is 2. The zero-order chi connectivity index (χ0) is 25.1. The summed E-state index contributed by atoms with van der Waals surface area (Å²) in [5, 5.41) is 60.2. The fourth-order valence-electron chi connectivity index (χ4n) is 7.68. The Balaban J connectivity index is 1.53. The Hall–Kier alpha value is -0.580. The summed E-state index contributed by atoms with van der Waals surface area (Å²) in [6.07, 6.45) is -0.934. The second-order valence-corrected chi connectivity index (χ2v) is 12.3. The highest BCUT2D eigenvalue weighted by Gasteiger charge is 2.57. The molecule has 8 nitrogen and oxygen atoms in total. The first-order chi connectivity index (χ1) is 15.9. The Morgan fingerprint density at radius 3 is 2.32 bits per heavy atom. The fraction of sp³-hybridized carbons (Fsp3) is 0.923. The van der Waals surface area contributed by atoms with Crippen molar-refractivity contribution in [1.29, 1.82) is 0 Å². The van der Waals surface area contributed by atoms with E-state index in [0.717, 1.165) is 44.9 Å². The maximum absolute atomic E-state index is 10.5. The molecule has 1 saturated heterocycles. The first-order valence-corrected chi connectivity index (χ1v) is 12.9. The van der Waals surface area contributed by atoms with Gasteiger partial charge in [-0.2, -0.15) is 0 Å². The van der Waals surface area contributed by atoms with E-state index >= 15 is 0 Å². The van der Waals surface area contributed by atoms with Crippen LogP contribution < -0.4 is 0 Å². The van der Waals surface area contributed by atoms with Gasteiger partial charge in [-0.1, -0.05) is 38.8 Å². The van der Waals surface area contributed by atoms with Gasteiger partial charge in [-0.05, 0) is 67.1 Å². The average Bonchev–Trinajstić information content (AvgIpc) is 2.80. The van der Waals surface area contributed by atoms with Gasteiger partial charge in [0.1, 0.15) is 24.4 Å². The van der Waals surface area contributed by atoms with E-state index in [2.05, 4.69) is 27.7 Å². The molecule has 0 bridgehead atoms. The van der Waals surface area contributed by atoms with Crippen molar-refractivity contribution in [1.82, 2.24) is 0 Å². The number of hydrogen-bond donors (Lipinski definition) is 6. The highest BCUT2D eigenvalue weighted by Crippen LogP contribution is 2.63. The molecule has 0 unspecified atom stereocenters. The minimum atomic E-state index is -1.44. The van der Waals surface area contributed by atoms with E-state index < -0.39 is 43.4 Å². The fourth-order valence-corrected chi connectivity index (χ4v) is 7.68. The van der Waals surface area contributed by atoms with E-state index in [9.17, 15) is 30.6 Å². The van der Waals surface area contributed by atoms with E-state index in [4.69, 9.17) is 9.47 Å². The van der Waals surface area contributed by atoms with Gasteiger partial charge in [0.15, 0.2) is 6.29 Å². The number of aliphatic hydroxyl groups is 6. The van der Waals surface area contributed by atoms with Gasteiger partial charge in [-0.25, -0.2) is 0 Å². The molecule has 4 aliphatic rings. The van der Waals surface area contributed by atoms with E-state index in [0.29, 0.717) is 5.92 Å². The SMILES string of the molecule is CC1(C)[C@H]2CCC3=C(CC[C@](C)([C@@H](O)CO)C3)[C@]2(C)CC[C@H]1O[C@@H]1O[C@H](CO)[C@@H](O)[C@H](O)[C@H]1O. The summed E-state index contributed by atoms with van der Waals surface area (Å²) in [4.78, 5) is 0. The second-order valence-electron chi connectivity index (χ2n) is 12.3. The lowest BCUT2D eigenvalue weighted by molar-refractivity contribution is -0.325. The van der Waals surface area contributed by atoms with Gasteiger partial charge in [0.25, 0.3) is 0 Å². The van der Waals surface area contributed by atoms with Gasteiger partial charge in [0.05, 0.1) is 25.4 Å². The molecule has 4 rings (SSSR count). The van der Waals surface area contributed by atoms with Crippen LogP contribution in [0.3, 0.4) is 0 Å². The van der Waals surface area contributed by atoms with Gasteiger partial charge in [-0.3, -0.25) is 0 Å². The molecule has 8 heteroatoms. The van der Waals surface area contributed by atoms with Crippen molar-refractivity contribution in [3.63, 3.8) is 0 Å². The minimum Gasteiger partial charge on any atom is -0.394 e. The molecule has 0 spiro atoms. The molecule has 6 N–H and O–H groups in total. The molecular weight excluding hydrogens is 440 g/mol. The zero-order valence-corrected chi connectivity index (χ0v) is 21.0. The summed E-state index contributed by atoms with van der Waals surface area (Å²) in [5.74, 6) is 0.356. The average molecular weight is 485 g/mol. The van der Waals surface area contributed by atoms with Gasteiger partial charge in [0, 0.05) is 0 Å². The molecule has 1 aliphatic heterocycles. The minimum absolute atomic E-state index is 0.0256. The molecule has 1 saturated carbocycles. The van der Waals surface area contributed by atoms with Crippen LogP contribution in [0.15, 0.2) is 11.1 Å². The van der Waals surface area contributed by atoms with Gasteiger partial charge in [0.2, 0.25) is 0 Å². The highest BCUT2D eigenvalue weighted by atomic mass is 16.7. The first-order valence-electron chi connectivity index (χ1n) is 12.9. The van der Waals surface area contributed by atoms with Crippen molar-refractivity contribution in [3.05, 3.63) is 11.1 Å². The summed E-state index contributed by atoms with van der Waals surface area (Å²) in [7, 11) is 0. The van der Waals surface area contributed by atoms with Crippen molar-refractivity contribution < 1.29 is 40.1 Å². The van der Waals surface area contributed by atoms with Gasteiger partial charge < -0.3 is 40.1 Å². The Morgan fingerprint density at radius 2 is 1.68 bits per heavy atom. The normalized spacial score (nSPS) is 47.6. The monoisotopic (exact) mass is 484 g/mol. The van der Waals surface area contributed by atoms with E-state index in [1.165, 1.54) is 11.1 Å². The van der Waals surface area contributed by atoms with Crippen LogP contribution in [-0.4, -0.2) is 86.8 Å². The highest BCUT2D eigenvalue weighted by molar-refractivity contribution is 5.32.